The third kappa shape index (κ3) is 5.14. The van der Waals surface area contributed by atoms with Crippen molar-refractivity contribution in [3.63, 3.8) is 0 Å². The molecule has 0 fully saturated rings. The topological polar surface area (TPSA) is 70.9 Å². The summed E-state index contributed by atoms with van der Waals surface area (Å²) >= 11 is 0. The highest BCUT2D eigenvalue weighted by Crippen LogP contribution is 2.13. The molecule has 0 aliphatic heterocycles. The minimum Gasteiger partial charge on any atom is -0.508 e. The van der Waals surface area contributed by atoms with Crippen LogP contribution in [0.4, 0.5) is 0 Å². The second-order valence-electron chi connectivity index (χ2n) is 5.10. The lowest BCUT2D eigenvalue weighted by atomic mass is 10.1. The summed E-state index contributed by atoms with van der Waals surface area (Å²) in [5, 5.41) is 13.4. The number of amides is 1. The van der Waals surface area contributed by atoms with Crippen LogP contribution in [0.3, 0.4) is 0 Å². The summed E-state index contributed by atoms with van der Waals surface area (Å²) in [7, 11) is 0. The molecule has 0 unspecified atom stereocenters. The van der Waals surface area contributed by atoms with Crippen LogP contribution >= 0.6 is 0 Å². The van der Waals surface area contributed by atoms with Gasteiger partial charge in [-0.3, -0.25) is 4.79 Å². The Balaban J connectivity index is 1.92. The Hall–Kier alpha value is -2.82. The number of aryl methyl sites for hydroxylation is 1. The number of phenols is 1. The van der Waals surface area contributed by atoms with Crippen molar-refractivity contribution in [2.24, 2.45) is 5.10 Å². The first kappa shape index (κ1) is 16.5. The van der Waals surface area contributed by atoms with E-state index < -0.39 is 0 Å². The van der Waals surface area contributed by atoms with Crippen molar-refractivity contribution in [3.05, 3.63) is 59.7 Å². The van der Waals surface area contributed by atoms with Gasteiger partial charge in [-0.25, -0.2) is 5.43 Å². The number of carbonyl (C=O) groups is 1. The number of phenolic OH excluding ortho intramolecular Hbond substituents is 1. The maximum atomic E-state index is 11.8. The van der Waals surface area contributed by atoms with Crippen LogP contribution in [-0.2, 0) is 4.79 Å². The average molecular weight is 312 g/mol. The lowest BCUT2D eigenvalue weighted by Crippen LogP contribution is -2.26. The number of carbonyl (C=O) groups excluding carboxylic acids is 1. The fourth-order valence-corrected chi connectivity index (χ4v) is 2.02. The maximum Gasteiger partial charge on any atom is 0.277 e. The maximum absolute atomic E-state index is 11.8. The molecule has 23 heavy (non-hydrogen) atoms. The lowest BCUT2D eigenvalue weighted by Gasteiger charge is -2.07. The predicted octanol–water partition coefficient (Wildman–Crippen LogP) is 3.01. The number of hydrazone groups is 1. The Morgan fingerprint density at radius 2 is 1.96 bits per heavy atom. The van der Waals surface area contributed by atoms with E-state index in [0.717, 1.165) is 16.8 Å². The Labute approximate surface area is 135 Å². The summed E-state index contributed by atoms with van der Waals surface area (Å²) in [6, 6.07) is 14.2. The molecule has 2 aromatic carbocycles. The summed E-state index contributed by atoms with van der Waals surface area (Å²) in [5.41, 5.74) is 5.15. The molecule has 0 aliphatic carbocycles. The number of ether oxygens (including phenoxy) is 1. The zero-order chi connectivity index (χ0) is 16.7. The first-order valence-corrected chi connectivity index (χ1v) is 7.42. The Bertz CT molecular complexity index is 694. The summed E-state index contributed by atoms with van der Waals surface area (Å²) < 4.78 is 5.42. The van der Waals surface area contributed by atoms with Gasteiger partial charge in [0.2, 0.25) is 0 Å². The fourth-order valence-electron chi connectivity index (χ4n) is 2.02. The molecule has 0 aliphatic rings. The van der Waals surface area contributed by atoms with Gasteiger partial charge in [0, 0.05) is 0 Å². The van der Waals surface area contributed by atoms with E-state index in [0.29, 0.717) is 12.2 Å². The summed E-state index contributed by atoms with van der Waals surface area (Å²) in [4.78, 5) is 11.8. The van der Waals surface area contributed by atoms with E-state index in [1.54, 1.807) is 30.3 Å². The quantitative estimate of drug-likeness (QED) is 0.636. The van der Waals surface area contributed by atoms with E-state index in [1.165, 1.54) is 0 Å². The molecule has 1 amide bonds. The van der Waals surface area contributed by atoms with Crippen molar-refractivity contribution in [1.82, 2.24) is 5.43 Å². The van der Waals surface area contributed by atoms with Gasteiger partial charge in [-0.15, -0.1) is 0 Å². The minimum absolute atomic E-state index is 0.0977. The number of benzene rings is 2. The van der Waals surface area contributed by atoms with Crippen molar-refractivity contribution in [1.29, 1.82) is 0 Å². The van der Waals surface area contributed by atoms with Crippen molar-refractivity contribution in [2.45, 2.75) is 20.3 Å². The lowest BCUT2D eigenvalue weighted by molar-refractivity contribution is -0.123. The standard InChI is InChI=1S/C18H20N2O3/c1-3-17(14-7-9-15(21)10-8-14)19-20-18(22)12-23-16-6-4-5-13(2)11-16/h4-11,21H,3,12H2,1-2H3,(H,20,22)/b19-17+. The molecule has 0 heterocycles. The van der Waals surface area contributed by atoms with Gasteiger partial charge in [0.25, 0.3) is 5.91 Å². The van der Waals surface area contributed by atoms with Gasteiger partial charge in [0.1, 0.15) is 11.5 Å². The number of nitrogens with one attached hydrogen (secondary N) is 1. The molecule has 0 aromatic heterocycles. The highest BCUT2D eigenvalue weighted by Gasteiger charge is 2.05. The first-order valence-electron chi connectivity index (χ1n) is 7.42. The van der Waals surface area contributed by atoms with Gasteiger partial charge in [-0.05, 0) is 60.9 Å². The minimum atomic E-state index is -0.323. The van der Waals surface area contributed by atoms with Gasteiger partial charge >= 0.3 is 0 Å². The Morgan fingerprint density at radius 3 is 2.61 bits per heavy atom. The molecular weight excluding hydrogens is 292 g/mol. The number of nitrogens with zero attached hydrogens (tertiary/aromatic N) is 1. The molecule has 2 N–H and O–H groups in total. The number of aromatic hydroxyl groups is 1. The van der Waals surface area contributed by atoms with Crippen molar-refractivity contribution < 1.29 is 14.6 Å². The van der Waals surface area contributed by atoms with Crippen LogP contribution in [0.1, 0.15) is 24.5 Å². The Kier molecular flexibility index (Phi) is 5.74. The van der Waals surface area contributed by atoms with Crippen LogP contribution in [0.2, 0.25) is 0 Å². The second-order valence-corrected chi connectivity index (χ2v) is 5.10. The van der Waals surface area contributed by atoms with Crippen LogP contribution in [0.5, 0.6) is 11.5 Å². The monoisotopic (exact) mass is 312 g/mol. The van der Waals surface area contributed by atoms with E-state index in [-0.39, 0.29) is 18.3 Å². The van der Waals surface area contributed by atoms with Crippen molar-refractivity contribution >= 4 is 11.6 Å². The van der Waals surface area contributed by atoms with E-state index in [9.17, 15) is 9.90 Å². The average Bonchev–Trinajstić information content (AvgIpc) is 2.55. The number of rotatable bonds is 6. The number of hydrogen-bond donors (Lipinski definition) is 2. The summed E-state index contributed by atoms with van der Waals surface area (Å²) in [6.45, 7) is 3.81. The molecule has 0 radical (unpaired) electrons. The molecule has 5 heteroatoms. The van der Waals surface area contributed by atoms with Crippen LogP contribution in [0.15, 0.2) is 53.6 Å². The predicted molar refractivity (Wildman–Crippen MR) is 89.8 cm³/mol. The van der Waals surface area contributed by atoms with Crippen molar-refractivity contribution in [3.8, 4) is 11.5 Å². The molecule has 120 valence electrons. The van der Waals surface area contributed by atoms with Crippen LogP contribution in [-0.4, -0.2) is 23.3 Å². The van der Waals surface area contributed by atoms with E-state index >= 15 is 0 Å². The van der Waals surface area contributed by atoms with Gasteiger partial charge in [-0.1, -0.05) is 19.1 Å². The van der Waals surface area contributed by atoms with Gasteiger partial charge in [-0.2, -0.15) is 5.10 Å². The van der Waals surface area contributed by atoms with E-state index in [4.69, 9.17) is 4.74 Å². The molecule has 5 nitrogen and oxygen atoms in total. The smallest absolute Gasteiger partial charge is 0.277 e. The van der Waals surface area contributed by atoms with Crippen LogP contribution in [0, 0.1) is 6.92 Å². The van der Waals surface area contributed by atoms with Gasteiger partial charge < -0.3 is 9.84 Å². The highest BCUT2D eigenvalue weighted by atomic mass is 16.5. The Morgan fingerprint density at radius 1 is 1.22 bits per heavy atom. The fraction of sp³-hybridized carbons (Fsp3) is 0.222. The van der Waals surface area contributed by atoms with Crippen LogP contribution in [0.25, 0.3) is 0 Å². The van der Waals surface area contributed by atoms with Gasteiger partial charge in [0.05, 0.1) is 5.71 Å². The highest BCUT2D eigenvalue weighted by molar-refractivity contribution is 6.01. The second kappa shape index (κ2) is 7.98. The van der Waals surface area contributed by atoms with Crippen molar-refractivity contribution in [2.75, 3.05) is 6.61 Å². The summed E-state index contributed by atoms with van der Waals surface area (Å²) in [6.07, 6.45) is 0.657. The SMILES string of the molecule is CC/C(=N\NC(=O)COc1cccc(C)c1)c1ccc(O)cc1. The normalized spacial score (nSPS) is 11.1. The van der Waals surface area contributed by atoms with Gasteiger partial charge in [0.15, 0.2) is 6.61 Å². The zero-order valence-electron chi connectivity index (χ0n) is 13.2. The number of hydrogen-bond acceptors (Lipinski definition) is 4. The third-order valence-electron chi connectivity index (χ3n) is 3.21. The molecule has 2 aromatic rings. The molecule has 0 spiro atoms. The molecule has 0 saturated carbocycles. The van der Waals surface area contributed by atoms with E-state index in [1.807, 2.05) is 32.0 Å². The molecule has 2 rings (SSSR count). The summed E-state index contributed by atoms with van der Waals surface area (Å²) in [5.74, 6) is 0.523. The first-order chi connectivity index (χ1) is 11.1. The molecule has 0 saturated heterocycles. The molecule has 0 atom stereocenters. The van der Waals surface area contributed by atoms with Crippen LogP contribution < -0.4 is 10.2 Å². The zero-order valence-corrected chi connectivity index (χ0v) is 13.2. The third-order valence-corrected chi connectivity index (χ3v) is 3.21. The molecular formula is C18H20N2O3. The van der Waals surface area contributed by atoms with E-state index in [2.05, 4.69) is 10.5 Å². The molecule has 0 bridgehead atoms. The largest absolute Gasteiger partial charge is 0.508 e.